The number of nitrogens with one attached hydrogen (secondary N) is 3. The third-order valence-corrected chi connectivity index (χ3v) is 6.77. The largest absolute Gasteiger partial charge is 0.352 e. The summed E-state index contributed by atoms with van der Waals surface area (Å²) in [4.78, 5) is 49.0. The molecule has 0 bridgehead atoms. The van der Waals surface area contributed by atoms with Crippen LogP contribution < -0.4 is 10.6 Å². The van der Waals surface area contributed by atoms with Crippen molar-refractivity contribution in [2.45, 2.75) is 32.4 Å². The highest BCUT2D eigenvalue weighted by molar-refractivity contribution is 8.14. The fraction of sp³-hybridized carbons (Fsp3) is 0.231. The number of aryl methyl sites for hydroxylation is 1. The van der Waals surface area contributed by atoms with Crippen molar-refractivity contribution in [1.82, 2.24) is 20.4 Å². The van der Waals surface area contributed by atoms with Crippen molar-refractivity contribution in [3.63, 3.8) is 0 Å². The molecule has 1 atom stereocenters. The van der Waals surface area contributed by atoms with E-state index in [2.05, 4.69) is 30.8 Å². The smallest absolute Gasteiger partial charge is 0.259 e. The Labute approximate surface area is 217 Å². The van der Waals surface area contributed by atoms with Gasteiger partial charge in [-0.1, -0.05) is 54.2 Å². The zero-order valence-corrected chi connectivity index (χ0v) is 20.9. The Morgan fingerprint density at radius 3 is 2.65 bits per heavy atom. The van der Waals surface area contributed by atoms with Crippen LogP contribution in [0.2, 0.25) is 0 Å². The Hall–Kier alpha value is -4.25. The number of amides is 3. The number of benzene rings is 2. The molecule has 3 heterocycles. The van der Waals surface area contributed by atoms with Crippen LogP contribution in [0.25, 0.3) is 0 Å². The van der Waals surface area contributed by atoms with Crippen LogP contribution >= 0.6 is 11.8 Å². The summed E-state index contributed by atoms with van der Waals surface area (Å²) in [6.07, 6.45) is 0.444. The second-order valence-corrected chi connectivity index (χ2v) is 9.57. The van der Waals surface area contributed by atoms with E-state index in [-0.39, 0.29) is 36.3 Å². The first-order valence-corrected chi connectivity index (χ1v) is 12.8. The van der Waals surface area contributed by atoms with Gasteiger partial charge in [0.2, 0.25) is 11.8 Å². The Morgan fingerprint density at radius 1 is 1.08 bits per heavy atom. The maximum Gasteiger partial charge on any atom is 0.259 e. The lowest BCUT2D eigenvalue weighted by atomic mass is 10.1. The van der Waals surface area contributed by atoms with Crippen LogP contribution in [0.1, 0.15) is 29.7 Å². The van der Waals surface area contributed by atoms with Gasteiger partial charge in [-0.25, -0.2) is 9.89 Å². The van der Waals surface area contributed by atoms with Gasteiger partial charge in [-0.2, -0.15) is 5.10 Å². The molecule has 0 spiro atoms. The van der Waals surface area contributed by atoms with Crippen molar-refractivity contribution in [2.75, 3.05) is 11.1 Å². The Kier molecular flexibility index (Phi) is 7.13. The minimum Gasteiger partial charge on any atom is -0.352 e. The number of hydrogen-bond donors (Lipinski definition) is 3. The van der Waals surface area contributed by atoms with E-state index in [0.717, 1.165) is 28.6 Å². The van der Waals surface area contributed by atoms with Gasteiger partial charge in [0, 0.05) is 30.3 Å². The number of nitrogens with zero attached hydrogens (tertiary/aromatic N) is 4. The number of carbonyl (C=O) groups excluding carboxylic acids is 3. The van der Waals surface area contributed by atoms with Crippen molar-refractivity contribution < 1.29 is 14.4 Å². The van der Waals surface area contributed by atoms with E-state index >= 15 is 0 Å². The van der Waals surface area contributed by atoms with E-state index < -0.39 is 6.04 Å². The van der Waals surface area contributed by atoms with Crippen molar-refractivity contribution in [2.24, 2.45) is 9.98 Å². The third kappa shape index (κ3) is 5.61. The van der Waals surface area contributed by atoms with E-state index in [1.54, 1.807) is 6.07 Å². The van der Waals surface area contributed by atoms with E-state index in [4.69, 9.17) is 0 Å². The Balaban J connectivity index is 1.24. The quantitative estimate of drug-likeness (QED) is 0.424. The van der Waals surface area contributed by atoms with Gasteiger partial charge in [-0.05, 0) is 31.0 Å². The molecule has 37 heavy (non-hydrogen) atoms. The molecule has 3 amide bonds. The highest BCUT2D eigenvalue weighted by Crippen LogP contribution is 2.34. The number of aromatic nitrogens is 2. The molecule has 2 aliphatic rings. The first kappa shape index (κ1) is 24.4. The number of aliphatic imine (C=N–C) groups is 2. The highest BCUT2D eigenvalue weighted by atomic mass is 32.2. The molecule has 1 aromatic heterocycles. The summed E-state index contributed by atoms with van der Waals surface area (Å²) in [6.45, 7) is 2.27. The topological polar surface area (TPSA) is 132 Å². The van der Waals surface area contributed by atoms with Gasteiger partial charge in [0.1, 0.15) is 11.9 Å². The fourth-order valence-corrected chi connectivity index (χ4v) is 4.83. The molecular weight excluding hydrogens is 490 g/mol. The molecule has 0 radical (unpaired) electrons. The molecule has 0 fully saturated rings. The van der Waals surface area contributed by atoms with Crippen LogP contribution in [0, 0.1) is 6.92 Å². The summed E-state index contributed by atoms with van der Waals surface area (Å²) in [5.74, 6) is 0.303. The van der Waals surface area contributed by atoms with E-state index in [1.165, 1.54) is 4.90 Å². The number of carbonyl (C=O) groups is 3. The molecule has 188 valence electrons. The summed E-state index contributed by atoms with van der Waals surface area (Å²) in [5.41, 5.74) is 3.26. The lowest BCUT2D eigenvalue weighted by Crippen LogP contribution is -2.41. The number of aromatic amines is 1. The molecule has 3 N–H and O–H groups in total. The number of amidine groups is 2. The van der Waals surface area contributed by atoms with Crippen LogP contribution in [0.15, 0.2) is 70.6 Å². The molecule has 10 nitrogen and oxygen atoms in total. The molecule has 11 heteroatoms. The molecule has 0 saturated carbocycles. The van der Waals surface area contributed by atoms with Gasteiger partial charge < -0.3 is 10.6 Å². The molecular formula is C26H25N7O3S. The zero-order chi connectivity index (χ0) is 25.8. The number of anilines is 1. The zero-order valence-electron chi connectivity index (χ0n) is 20.1. The van der Waals surface area contributed by atoms with Crippen LogP contribution in [0.5, 0.6) is 0 Å². The van der Waals surface area contributed by atoms with Crippen LogP contribution in [-0.2, 0) is 20.9 Å². The number of para-hydroxylation sites is 1. The second-order valence-electron chi connectivity index (χ2n) is 8.63. The summed E-state index contributed by atoms with van der Waals surface area (Å²) < 4.78 is 0. The lowest BCUT2D eigenvalue weighted by molar-refractivity contribution is -0.125. The maximum absolute atomic E-state index is 13.4. The molecule has 2 aromatic carbocycles. The minimum absolute atomic E-state index is 0.0382. The third-order valence-electron chi connectivity index (χ3n) is 5.83. The van der Waals surface area contributed by atoms with Gasteiger partial charge >= 0.3 is 0 Å². The molecule has 5 rings (SSSR count). The van der Waals surface area contributed by atoms with Crippen molar-refractivity contribution in [3.8, 4) is 0 Å². The summed E-state index contributed by atoms with van der Waals surface area (Å²) in [6, 6.07) is 18.1. The fourth-order valence-electron chi connectivity index (χ4n) is 4.03. The first-order valence-electron chi connectivity index (χ1n) is 11.8. The van der Waals surface area contributed by atoms with Gasteiger partial charge in [-0.15, -0.1) is 0 Å². The van der Waals surface area contributed by atoms with Crippen LogP contribution in [0.4, 0.5) is 11.5 Å². The number of rotatable bonds is 8. The first-order chi connectivity index (χ1) is 18.0. The van der Waals surface area contributed by atoms with Crippen LogP contribution in [0.3, 0.4) is 0 Å². The monoisotopic (exact) mass is 515 g/mol. The molecule has 1 unspecified atom stereocenters. The SMILES string of the molecule is Cc1cc(NC(=O)CSC2=Nc3ccccc3C3=NC(CCC(=O)NCc4ccccc4)C(=O)N23)n[nH]1. The Bertz CT molecular complexity index is 1400. The average molecular weight is 516 g/mol. The number of hydrogen-bond acceptors (Lipinski definition) is 7. The summed E-state index contributed by atoms with van der Waals surface area (Å²) in [5, 5.41) is 12.8. The van der Waals surface area contributed by atoms with Crippen molar-refractivity contribution in [3.05, 3.63) is 77.5 Å². The van der Waals surface area contributed by atoms with Gasteiger partial charge in [0.25, 0.3) is 5.91 Å². The number of fused-ring (bicyclic) bond motifs is 3. The van der Waals surface area contributed by atoms with Crippen molar-refractivity contribution >= 4 is 52.0 Å². The van der Waals surface area contributed by atoms with E-state index in [0.29, 0.717) is 29.1 Å². The molecule has 0 saturated heterocycles. The van der Waals surface area contributed by atoms with Crippen molar-refractivity contribution in [1.29, 1.82) is 0 Å². The maximum atomic E-state index is 13.4. The summed E-state index contributed by atoms with van der Waals surface area (Å²) in [7, 11) is 0. The molecule has 2 aliphatic heterocycles. The second kappa shape index (κ2) is 10.8. The number of H-pyrrole nitrogens is 1. The predicted molar refractivity (Wildman–Crippen MR) is 143 cm³/mol. The van der Waals surface area contributed by atoms with Gasteiger partial charge in [-0.3, -0.25) is 24.5 Å². The number of thioether (sulfide) groups is 1. The highest BCUT2D eigenvalue weighted by Gasteiger charge is 2.41. The summed E-state index contributed by atoms with van der Waals surface area (Å²) >= 11 is 1.15. The lowest BCUT2D eigenvalue weighted by Gasteiger charge is -2.25. The minimum atomic E-state index is -0.699. The van der Waals surface area contributed by atoms with Gasteiger partial charge in [0.05, 0.1) is 11.4 Å². The van der Waals surface area contributed by atoms with E-state index in [1.807, 2.05) is 61.5 Å². The Morgan fingerprint density at radius 2 is 1.86 bits per heavy atom. The molecule has 3 aromatic rings. The standard InChI is InChI=1S/C26H25N7O3S/c1-16-13-21(32-31-16)30-23(35)15-37-26-29-19-10-6-5-9-18(19)24-28-20(25(36)33(24)26)11-12-22(34)27-14-17-7-3-2-4-8-17/h2-10,13,20H,11-12,14-15H2,1H3,(H,27,34)(H2,30,31,32,35). The average Bonchev–Trinajstić information content (AvgIpc) is 3.47. The normalized spacial score (nSPS) is 16.0. The van der Waals surface area contributed by atoms with E-state index in [9.17, 15) is 14.4 Å². The van der Waals surface area contributed by atoms with Gasteiger partial charge in [0.15, 0.2) is 11.0 Å². The van der Waals surface area contributed by atoms with Crippen LogP contribution in [-0.4, -0.2) is 55.6 Å². The molecule has 0 aliphatic carbocycles. The predicted octanol–water partition coefficient (Wildman–Crippen LogP) is 3.15.